The molecule has 0 saturated heterocycles. The minimum atomic E-state index is -0.307. The molecule has 1 aromatic carbocycles. The molecular formula is C22H27N5O2. The highest BCUT2D eigenvalue weighted by Crippen LogP contribution is 2.25. The molecule has 0 radical (unpaired) electrons. The van der Waals surface area contributed by atoms with Gasteiger partial charge in [-0.3, -0.25) is 18.3 Å². The van der Waals surface area contributed by atoms with Gasteiger partial charge >= 0.3 is 5.69 Å². The van der Waals surface area contributed by atoms with Crippen LogP contribution in [0.4, 0.5) is 0 Å². The van der Waals surface area contributed by atoms with Crippen LogP contribution in [0.15, 0.2) is 46.1 Å². The van der Waals surface area contributed by atoms with Crippen molar-refractivity contribution in [1.82, 2.24) is 23.1 Å². The van der Waals surface area contributed by atoms with Crippen LogP contribution < -0.4 is 11.2 Å². The van der Waals surface area contributed by atoms with E-state index in [-0.39, 0.29) is 17.3 Å². The van der Waals surface area contributed by atoms with E-state index < -0.39 is 0 Å². The highest BCUT2D eigenvalue weighted by Gasteiger charge is 2.22. The lowest BCUT2D eigenvalue weighted by atomic mass is 10.1. The molecule has 152 valence electrons. The van der Waals surface area contributed by atoms with Gasteiger partial charge in [0.15, 0.2) is 11.2 Å². The normalized spacial score (nSPS) is 12.8. The Labute approximate surface area is 168 Å². The summed E-state index contributed by atoms with van der Waals surface area (Å²) in [6, 6.07) is 10.2. The van der Waals surface area contributed by atoms with Gasteiger partial charge in [0.25, 0.3) is 5.56 Å². The molecule has 3 aromatic heterocycles. The first-order valence-electron chi connectivity index (χ1n) is 10.2. The number of fused-ring (bicyclic) bond motifs is 3. The predicted molar refractivity (Wildman–Crippen MR) is 115 cm³/mol. The summed E-state index contributed by atoms with van der Waals surface area (Å²) in [5.41, 5.74) is 2.48. The minimum absolute atomic E-state index is 0.0503. The lowest BCUT2D eigenvalue weighted by Crippen LogP contribution is -2.39. The number of nitrogens with zero attached hydrogens (tertiary/aromatic N) is 5. The summed E-state index contributed by atoms with van der Waals surface area (Å²) in [5.74, 6) is 0.673. The smallest absolute Gasteiger partial charge is 0.307 e. The molecule has 0 unspecified atom stereocenters. The maximum Gasteiger partial charge on any atom is 0.332 e. The third-order valence-corrected chi connectivity index (χ3v) is 5.72. The van der Waals surface area contributed by atoms with Gasteiger partial charge in [-0.25, -0.2) is 4.79 Å². The number of rotatable bonds is 6. The first-order valence-corrected chi connectivity index (χ1v) is 10.2. The third kappa shape index (κ3) is 3.01. The molecule has 0 aliphatic carbocycles. The Morgan fingerprint density at radius 1 is 1.10 bits per heavy atom. The van der Waals surface area contributed by atoms with Gasteiger partial charge in [0.2, 0.25) is 5.78 Å². The third-order valence-electron chi connectivity index (χ3n) is 5.72. The summed E-state index contributed by atoms with van der Waals surface area (Å²) in [5, 5.41) is 0. The van der Waals surface area contributed by atoms with Crippen molar-refractivity contribution >= 4 is 16.9 Å². The zero-order valence-corrected chi connectivity index (χ0v) is 17.4. The topological polar surface area (TPSA) is 66.2 Å². The Kier molecular flexibility index (Phi) is 4.90. The molecule has 0 aliphatic rings. The van der Waals surface area contributed by atoms with Crippen LogP contribution in [0.1, 0.15) is 50.4 Å². The van der Waals surface area contributed by atoms with Crippen molar-refractivity contribution in [2.45, 2.75) is 52.6 Å². The van der Waals surface area contributed by atoms with E-state index >= 15 is 0 Å². The van der Waals surface area contributed by atoms with Crippen molar-refractivity contribution < 1.29 is 0 Å². The first kappa shape index (κ1) is 19.2. The summed E-state index contributed by atoms with van der Waals surface area (Å²) in [6.45, 7) is 6.66. The van der Waals surface area contributed by atoms with Crippen molar-refractivity contribution in [2.24, 2.45) is 7.05 Å². The molecule has 1 atom stereocenters. The molecule has 0 bridgehead atoms. The fourth-order valence-corrected chi connectivity index (χ4v) is 4.10. The molecule has 4 rings (SSSR count). The Bertz CT molecular complexity index is 1290. The molecule has 7 nitrogen and oxygen atoms in total. The van der Waals surface area contributed by atoms with Gasteiger partial charge < -0.3 is 4.57 Å². The van der Waals surface area contributed by atoms with E-state index in [1.807, 2.05) is 35.7 Å². The standard InChI is InChI=1S/C22H27N5O2/c1-5-6-10-13-25-20(28)18-19(24(4)22(25)29)23-21-26(18)14-15(2)27(21)16(3)17-11-8-7-9-12-17/h7-9,11-12,14,16H,5-6,10,13H2,1-4H3/t16-/m1/s1. The molecule has 4 aromatic rings. The van der Waals surface area contributed by atoms with Crippen LogP contribution in [0, 0.1) is 6.92 Å². The highest BCUT2D eigenvalue weighted by atomic mass is 16.2. The summed E-state index contributed by atoms with van der Waals surface area (Å²) in [6.07, 6.45) is 4.77. The Morgan fingerprint density at radius 3 is 2.52 bits per heavy atom. The van der Waals surface area contributed by atoms with Crippen LogP contribution in [0.25, 0.3) is 16.9 Å². The van der Waals surface area contributed by atoms with Crippen molar-refractivity contribution in [1.29, 1.82) is 0 Å². The van der Waals surface area contributed by atoms with Crippen LogP contribution in [0.2, 0.25) is 0 Å². The Balaban J connectivity index is 1.96. The molecule has 0 spiro atoms. The van der Waals surface area contributed by atoms with Gasteiger partial charge in [-0.15, -0.1) is 0 Å². The average Bonchev–Trinajstić information content (AvgIpc) is 3.23. The van der Waals surface area contributed by atoms with Crippen molar-refractivity contribution in [3.8, 4) is 0 Å². The van der Waals surface area contributed by atoms with E-state index in [9.17, 15) is 9.59 Å². The summed E-state index contributed by atoms with van der Waals surface area (Å²) in [4.78, 5) is 30.7. The van der Waals surface area contributed by atoms with Gasteiger partial charge in [0, 0.05) is 25.5 Å². The average molecular weight is 393 g/mol. The van der Waals surface area contributed by atoms with Crippen LogP contribution >= 0.6 is 0 Å². The maximum atomic E-state index is 13.2. The van der Waals surface area contributed by atoms with E-state index in [4.69, 9.17) is 4.98 Å². The zero-order chi connectivity index (χ0) is 20.7. The number of unbranched alkanes of at least 4 members (excludes halogenated alkanes) is 2. The molecule has 0 fully saturated rings. The van der Waals surface area contributed by atoms with Crippen LogP contribution in [-0.2, 0) is 13.6 Å². The predicted octanol–water partition coefficient (Wildman–Crippen LogP) is 3.26. The van der Waals surface area contributed by atoms with Gasteiger partial charge in [0.05, 0.1) is 6.04 Å². The fraction of sp³-hybridized carbons (Fsp3) is 0.409. The van der Waals surface area contributed by atoms with Crippen molar-refractivity contribution in [3.05, 3.63) is 68.6 Å². The SMILES string of the molecule is CCCCCn1c(=O)c2c(nc3n([C@H](C)c4ccccc4)c(C)cn23)n(C)c1=O. The molecule has 3 heterocycles. The summed E-state index contributed by atoms with van der Waals surface area (Å²) >= 11 is 0. The Morgan fingerprint density at radius 2 is 1.83 bits per heavy atom. The van der Waals surface area contributed by atoms with Gasteiger partial charge in [-0.2, -0.15) is 4.98 Å². The number of imidazole rings is 2. The van der Waals surface area contributed by atoms with Crippen LogP contribution in [0.3, 0.4) is 0 Å². The van der Waals surface area contributed by atoms with E-state index in [2.05, 4.69) is 30.5 Å². The minimum Gasteiger partial charge on any atom is -0.307 e. The molecule has 0 saturated carbocycles. The number of hydrogen-bond donors (Lipinski definition) is 0. The molecular weight excluding hydrogens is 366 g/mol. The molecule has 0 amide bonds. The molecule has 0 N–H and O–H groups in total. The van der Waals surface area contributed by atoms with Gasteiger partial charge in [0.1, 0.15) is 0 Å². The van der Waals surface area contributed by atoms with E-state index in [1.54, 1.807) is 7.05 Å². The molecule has 7 heteroatoms. The largest absolute Gasteiger partial charge is 0.332 e. The van der Waals surface area contributed by atoms with Crippen molar-refractivity contribution in [3.63, 3.8) is 0 Å². The number of hydrogen-bond acceptors (Lipinski definition) is 3. The fourth-order valence-electron chi connectivity index (χ4n) is 4.10. The second-order valence-electron chi connectivity index (χ2n) is 7.69. The van der Waals surface area contributed by atoms with Gasteiger partial charge in [-0.1, -0.05) is 50.1 Å². The summed E-state index contributed by atoms with van der Waals surface area (Å²) < 4.78 is 6.78. The lowest BCUT2D eigenvalue weighted by Gasteiger charge is -2.16. The maximum absolute atomic E-state index is 13.2. The van der Waals surface area contributed by atoms with E-state index in [0.717, 1.165) is 30.5 Å². The number of aryl methyl sites for hydroxylation is 2. The number of benzene rings is 1. The van der Waals surface area contributed by atoms with Crippen LogP contribution in [-0.4, -0.2) is 23.1 Å². The van der Waals surface area contributed by atoms with E-state index in [0.29, 0.717) is 23.5 Å². The Hall–Kier alpha value is -3.09. The van der Waals surface area contributed by atoms with Crippen molar-refractivity contribution in [2.75, 3.05) is 0 Å². The quantitative estimate of drug-likeness (QED) is 0.472. The van der Waals surface area contributed by atoms with Crippen LogP contribution in [0.5, 0.6) is 0 Å². The molecule has 0 aliphatic heterocycles. The second-order valence-corrected chi connectivity index (χ2v) is 7.69. The second kappa shape index (κ2) is 7.39. The monoisotopic (exact) mass is 393 g/mol. The summed E-state index contributed by atoms with van der Waals surface area (Å²) in [7, 11) is 1.69. The lowest BCUT2D eigenvalue weighted by molar-refractivity contribution is 0.550. The van der Waals surface area contributed by atoms with E-state index in [1.165, 1.54) is 9.13 Å². The number of aromatic nitrogens is 5. The zero-order valence-electron chi connectivity index (χ0n) is 17.4. The van der Waals surface area contributed by atoms with Gasteiger partial charge in [-0.05, 0) is 25.8 Å². The highest BCUT2D eigenvalue weighted by molar-refractivity contribution is 5.75. The first-order chi connectivity index (χ1) is 14.0. The molecule has 29 heavy (non-hydrogen) atoms.